The van der Waals surface area contributed by atoms with E-state index < -0.39 is 29.9 Å². The summed E-state index contributed by atoms with van der Waals surface area (Å²) in [4.78, 5) is 12.9. The minimum absolute atomic E-state index is 0.0717. The van der Waals surface area contributed by atoms with E-state index >= 15 is 0 Å². The molecule has 1 N–H and O–H groups in total. The number of hydrogen-bond donors (Lipinski definition) is 1. The molecule has 2 rings (SSSR count). The highest BCUT2D eigenvalue weighted by Gasteiger charge is 2.46. The van der Waals surface area contributed by atoms with E-state index in [0.717, 1.165) is 12.8 Å². The molecule has 3 nitrogen and oxygen atoms in total. The van der Waals surface area contributed by atoms with Crippen LogP contribution < -0.4 is 0 Å². The topological polar surface area (TPSA) is 40.5 Å². The Kier molecular flexibility index (Phi) is 4.33. The van der Waals surface area contributed by atoms with Gasteiger partial charge in [-0.05, 0) is 24.8 Å². The molecule has 5 heteroatoms. The molecule has 1 fully saturated rings. The predicted octanol–water partition coefficient (Wildman–Crippen LogP) is 3.35. The average Bonchev–Trinajstić information content (AvgIpc) is 2.37. The fourth-order valence-corrected chi connectivity index (χ4v) is 3.19. The predicted molar refractivity (Wildman–Crippen MR) is 76.3 cm³/mol. The van der Waals surface area contributed by atoms with Crippen LogP contribution in [-0.4, -0.2) is 35.1 Å². The Bertz CT molecular complexity index is 502. The van der Waals surface area contributed by atoms with E-state index in [1.54, 1.807) is 18.2 Å². The Morgan fingerprint density at radius 3 is 2.57 bits per heavy atom. The summed E-state index contributed by atoms with van der Waals surface area (Å²) in [7, 11) is 0. The SMILES string of the molecule is CC1(C)CCCN(CC(F)(F)c2ccccc2)C1C(=O)O. The molecule has 1 aliphatic heterocycles. The zero-order chi connectivity index (χ0) is 15.7. The lowest BCUT2D eigenvalue weighted by Crippen LogP contribution is -2.56. The first-order valence-electron chi connectivity index (χ1n) is 7.14. The monoisotopic (exact) mass is 297 g/mol. The lowest BCUT2D eigenvalue weighted by Gasteiger charge is -2.45. The maximum atomic E-state index is 14.4. The van der Waals surface area contributed by atoms with Gasteiger partial charge in [0.1, 0.15) is 6.04 Å². The molecule has 1 heterocycles. The Hall–Kier alpha value is -1.49. The Morgan fingerprint density at radius 1 is 1.38 bits per heavy atom. The summed E-state index contributed by atoms with van der Waals surface area (Å²) in [5.41, 5.74) is -0.575. The minimum atomic E-state index is -3.05. The number of carboxylic acids is 1. The Balaban J connectivity index is 2.22. The van der Waals surface area contributed by atoms with Gasteiger partial charge in [0.2, 0.25) is 0 Å². The average molecular weight is 297 g/mol. The van der Waals surface area contributed by atoms with E-state index in [9.17, 15) is 18.7 Å². The quantitative estimate of drug-likeness (QED) is 0.926. The molecule has 1 atom stereocenters. The van der Waals surface area contributed by atoms with Crippen molar-refractivity contribution in [2.24, 2.45) is 5.41 Å². The molecule has 1 saturated heterocycles. The second-order valence-corrected chi connectivity index (χ2v) is 6.37. The van der Waals surface area contributed by atoms with E-state index in [2.05, 4.69) is 0 Å². The maximum Gasteiger partial charge on any atom is 0.321 e. The van der Waals surface area contributed by atoms with Crippen LogP contribution in [0.1, 0.15) is 32.3 Å². The second kappa shape index (κ2) is 5.72. The molecule has 21 heavy (non-hydrogen) atoms. The number of carbonyl (C=O) groups is 1. The molecule has 1 aromatic rings. The van der Waals surface area contributed by atoms with E-state index in [0.29, 0.717) is 6.54 Å². The summed E-state index contributed by atoms with van der Waals surface area (Å²) in [5.74, 6) is -4.08. The molecule has 0 aliphatic carbocycles. The van der Waals surface area contributed by atoms with Gasteiger partial charge in [-0.2, -0.15) is 8.78 Å². The van der Waals surface area contributed by atoms with Crippen molar-refractivity contribution >= 4 is 5.97 Å². The van der Waals surface area contributed by atoms with Gasteiger partial charge in [0.05, 0.1) is 6.54 Å². The molecule has 1 aromatic carbocycles. The minimum Gasteiger partial charge on any atom is -0.480 e. The van der Waals surface area contributed by atoms with Crippen LogP contribution >= 0.6 is 0 Å². The van der Waals surface area contributed by atoms with Crippen molar-refractivity contribution in [1.29, 1.82) is 0 Å². The van der Waals surface area contributed by atoms with Crippen molar-refractivity contribution in [2.75, 3.05) is 13.1 Å². The fourth-order valence-electron chi connectivity index (χ4n) is 3.19. The van der Waals surface area contributed by atoms with Crippen LogP contribution in [0.25, 0.3) is 0 Å². The van der Waals surface area contributed by atoms with Crippen LogP contribution in [0.3, 0.4) is 0 Å². The van der Waals surface area contributed by atoms with Crippen LogP contribution in [0.15, 0.2) is 30.3 Å². The van der Waals surface area contributed by atoms with Gasteiger partial charge < -0.3 is 5.11 Å². The number of benzene rings is 1. The van der Waals surface area contributed by atoms with Crippen molar-refractivity contribution < 1.29 is 18.7 Å². The first-order valence-corrected chi connectivity index (χ1v) is 7.14. The first-order chi connectivity index (χ1) is 9.74. The lowest BCUT2D eigenvalue weighted by atomic mass is 9.76. The molecule has 0 amide bonds. The number of aliphatic carboxylic acids is 1. The van der Waals surface area contributed by atoms with Gasteiger partial charge in [0.15, 0.2) is 0 Å². The highest BCUT2D eigenvalue weighted by atomic mass is 19.3. The normalized spacial score (nSPS) is 23.0. The van der Waals surface area contributed by atoms with E-state index in [1.807, 2.05) is 13.8 Å². The van der Waals surface area contributed by atoms with Gasteiger partial charge in [-0.15, -0.1) is 0 Å². The molecule has 1 unspecified atom stereocenters. The number of nitrogens with zero attached hydrogens (tertiary/aromatic N) is 1. The zero-order valence-electron chi connectivity index (χ0n) is 12.4. The van der Waals surface area contributed by atoms with Crippen molar-refractivity contribution in [2.45, 2.75) is 38.7 Å². The third-order valence-corrected chi connectivity index (χ3v) is 4.20. The molecular weight excluding hydrogens is 276 g/mol. The summed E-state index contributed by atoms with van der Waals surface area (Å²) in [6.07, 6.45) is 1.47. The number of piperidine rings is 1. The summed E-state index contributed by atoms with van der Waals surface area (Å²) in [6.45, 7) is 3.50. The number of rotatable bonds is 4. The van der Waals surface area contributed by atoms with Gasteiger partial charge >= 0.3 is 5.97 Å². The van der Waals surface area contributed by atoms with Crippen molar-refractivity contribution in [3.8, 4) is 0 Å². The van der Waals surface area contributed by atoms with Crippen LogP contribution in [0.2, 0.25) is 0 Å². The largest absolute Gasteiger partial charge is 0.480 e. The summed E-state index contributed by atoms with van der Waals surface area (Å²) in [6, 6.07) is 6.70. The molecule has 0 spiro atoms. The van der Waals surface area contributed by atoms with Crippen molar-refractivity contribution in [1.82, 2.24) is 4.90 Å². The van der Waals surface area contributed by atoms with E-state index in [4.69, 9.17) is 0 Å². The Morgan fingerprint density at radius 2 is 2.00 bits per heavy atom. The van der Waals surface area contributed by atoms with Gasteiger partial charge in [-0.25, -0.2) is 0 Å². The molecule has 0 radical (unpaired) electrons. The van der Waals surface area contributed by atoms with E-state index in [1.165, 1.54) is 17.0 Å². The molecule has 0 saturated carbocycles. The smallest absolute Gasteiger partial charge is 0.321 e. The molecular formula is C16H21F2NO2. The number of halogens is 2. The number of likely N-dealkylation sites (tertiary alicyclic amines) is 1. The summed E-state index contributed by atoms with van der Waals surface area (Å²) >= 11 is 0. The summed E-state index contributed by atoms with van der Waals surface area (Å²) in [5, 5.41) is 9.43. The molecule has 1 aliphatic rings. The molecule has 0 bridgehead atoms. The number of hydrogen-bond acceptors (Lipinski definition) is 2. The second-order valence-electron chi connectivity index (χ2n) is 6.37. The zero-order valence-corrected chi connectivity index (χ0v) is 12.4. The summed E-state index contributed by atoms with van der Waals surface area (Å²) < 4.78 is 28.8. The maximum absolute atomic E-state index is 14.4. The highest BCUT2D eigenvalue weighted by Crippen LogP contribution is 2.38. The van der Waals surface area contributed by atoms with Crippen molar-refractivity contribution in [3.05, 3.63) is 35.9 Å². The van der Waals surface area contributed by atoms with Crippen LogP contribution in [0.5, 0.6) is 0 Å². The lowest BCUT2D eigenvalue weighted by molar-refractivity contribution is -0.155. The third-order valence-electron chi connectivity index (χ3n) is 4.20. The van der Waals surface area contributed by atoms with Crippen LogP contribution in [0, 0.1) is 5.41 Å². The number of alkyl halides is 2. The first kappa shape index (κ1) is 15.9. The fraction of sp³-hybridized carbons (Fsp3) is 0.562. The van der Waals surface area contributed by atoms with E-state index in [-0.39, 0.29) is 5.56 Å². The van der Waals surface area contributed by atoms with Crippen molar-refractivity contribution in [3.63, 3.8) is 0 Å². The highest BCUT2D eigenvalue weighted by molar-refractivity contribution is 5.74. The van der Waals surface area contributed by atoms with Crippen LogP contribution in [0.4, 0.5) is 8.78 Å². The van der Waals surface area contributed by atoms with Gasteiger partial charge in [-0.1, -0.05) is 44.2 Å². The third kappa shape index (κ3) is 3.40. The standard InChI is InChI=1S/C16H21F2NO2/c1-15(2)9-6-10-19(13(15)14(20)21)11-16(17,18)12-7-4-3-5-8-12/h3-5,7-8,13H,6,9-11H2,1-2H3,(H,20,21). The molecule has 0 aromatic heterocycles. The number of carboxylic acid groups (broad SMARTS) is 1. The Labute approximate surface area is 123 Å². The van der Waals surface area contributed by atoms with Gasteiger partial charge in [0, 0.05) is 5.56 Å². The molecule has 116 valence electrons. The van der Waals surface area contributed by atoms with Crippen LogP contribution in [-0.2, 0) is 10.7 Å². The van der Waals surface area contributed by atoms with Gasteiger partial charge in [0.25, 0.3) is 5.92 Å². The van der Waals surface area contributed by atoms with Gasteiger partial charge in [-0.3, -0.25) is 9.69 Å².